The van der Waals surface area contributed by atoms with Crippen LogP contribution in [0.4, 0.5) is 15.9 Å². The van der Waals surface area contributed by atoms with Crippen molar-refractivity contribution in [2.75, 3.05) is 5.32 Å². The second-order valence-corrected chi connectivity index (χ2v) is 6.54. The Labute approximate surface area is 139 Å². The van der Waals surface area contributed by atoms with E-state index in [4.69, 9.17) is 4.98 Å². The number of hydrogen-bond donors (Lipinski definition) is 2. The molecule has 0 spiro atoms. The quantitative estimate of drug-likeness (QED) is 0.519. The van der Waals surface area contributed by atoms with Crippen LogP contribution in [0.1, 0.15) is 37.4 Å². The summed E-state index contributed by atoms with van der Waals surface area (Å²) in [5.41, 5.74) is 4.44. The van der Waals surface area contributed by atoms with Crippen molar-refractivity contribution in [1.82, 2.24) is 15.0 Å². The molecule has 1 aromatic carbocycles. The summed E-state index contributed by atoms with van der Waals surface area (Å²) in [6.45, 7) is 0. The lowest BCUT2D eigenvalue weighted by Crippen LogP contribution is -1.98. The number of nitrogens with zero attached hydrogens (tertiary/aromatic N) is 2. The topological polar surface area (TPSA) is 53.6 Å². The van der Waals surface area contributed by atoms with Crippen LogP contribution < -0.4 is 5.32 Å². The minimum atomic E-state index is -0.270. The van der Waals surface area contributed by atoms with Gasteiger partial charge < -0.3 is 10.3 Å². The monoisotopic (exact) mass is 320 g/mol. The number of benzene rings is 1. The van der Waals surface area contributed by atoms with E-state index in [-0.39, 0.29) is 5.82 Å². The summed E-state index contributed by atoms with van der Waals surface area (Å²) in [7, 11) is 0. The number of halogens is 1. The molecule has 2 aliphatic rings. The zero-order valence-corrected chi connectivity index (χ0v) is 13.1. The Bertz CT molecular complexity index is 925. The average molecular weight is 320 g/mol. The molecule has 0 saturated heterocycles. The van der Waals surface area contributed by atoms with Crippen LogP contribution in [0.15, 0.2) is 36.5 Å². The van der Waals surface area contributed by atoms with E-state index in [1.54, 1.807) is 12.3 Å². The molecule has 1 saturated carbocycles. The predicted octanol–water partition coefficient (Wildman–Crippen LogP) is 4.99. The third kappa shape index (κ3) is 2.04. The molecule has 1 aliphatic carbocycles. The molecule has 0 amide bonds. The van der Waals surface area contributed by atoms with Crippen molar-refractivity contribution in [2.45, 2.75) is 31.6 Å². The van der Waals surface area contributed by atoms with Gasteiger partial charge in [-0.05, 0) is 43.2 Å². The molecule has 1 aliphatic heterocycles. The molecule has 0 bridgehead atoms. The fourth-order valence-electron chi connectivity index (χ4n) is 3.83. The molecule has 4 nitrogen and oxygen atoms in total. The number of hydrogen-bond acceptors (Lipinski definition) is 3. The highest BCUT2D eigenvalue weighted by atomic mass is 19.1. The maximum absolute atomic E-state index is 13.7. The van der Waals surface area contributed by atoms with Crippen molar-refractivity contribution in [3.63, 3.8) is 0 Å². The molecule has 2 aromatic heterocycles. The Kier molecular flexibility index (Phi) is 2.95. The molecular formula is C19H17FN4. The van der Waals surface area contributed by atoms with E-state index >= 15 is 0 Å². The summed E-state index contributed by atoms with van der Waals surface area (Å²) in [5.74, 6) is 2.00. The van der Waals surface area contributed by atoms with Crippen molar-refractivity contribution < 1.29 is 4.39 Å². The van der Waals surface area contributed by atoms with Crippen molar-refractivity contribution in [2.24, 2.45) is 0 Å². The Balaban J connectivity index is 1.77. The van der Waals surface area contributed by atoms with Gasteiger partial charge in [0.2, 0.25) is 0 Å². The normalized spacial score (nSPS) is 16.0. The highest BCUT2D eigenvalue weighted by Crippen LogP contribution is 2.44. The van der Waals surface area contributed by atoms with Crippen molar-refractivity contribution >= 4 is 11.5 Å². The largest absolute Gasteiger partial charge is 0.341 e. The van der Waals surface area contributed by atoms with Crippen molar-refractivity contribution in [3.05, 3.63) is 48.2 Å². The summed E-state index contributed by atoms with van der Waals surface area (Å²) in [4.78, 5) is 12.9. The second-order valence-electron chi connectivity index (χ2n) is 6.54. The first-order valence-corrected chi connectivity index (χ1v) is 8.42. The van der Waals surface area contributed by atoms with E-state index in [0.29, 0.717) is 11.6 Å². The number of pyridine rings is 1. The zero-order chi connectivity index (χ0) is 16.1. The summed E-state index contributed by atoms with van der Waals surface area (Å²) in [5, 5.41) is 3.25. The van der Waals surface area contributed by atoms with E-state index in [1.807, 2.05) is 12.1 Å². The number of aromatic amines is 1. The van der Waals surface area contributed by atoms with Gasteiger partial charge in [-0.3, -0.25) is 0 Å². The lowest BCUT2D eigenvalue weighted by Gasteiger charge is -2.09. The van der Waals surface area contributed by atoms with Crippen LogP contribution in [-0.2, 0) is 0 Å². The van der Waals surface area contributed by atoms with Gasteiger partial charge in [0.25, 0.3) is 0 Å². The molecule has 5 rings (SSSR count). The van der Waals surface area contributed by atoms with Gasteiger partial charge in [0.15, 0.2) is 0 Å². The van der Waals surface area contributed by atoms with E-state index in [0.717, 1.165) is 34.2 Å². The Morgan fingerprint density at radius 2 is 1.96 bits per heavy atom. The molecule has 5 heteroatoms. The molecule has 24 heavy (non-hydrogen) atoms. The summed E-state index contributed by atoms with van der Waals surface area (Å²) >= 11 is 0. The standard InChI is InChI=1S/C19H17FN4/c20-12-7-8-13-15(10-12)22-19-14(6-3-9-21-19)17-16(13)23-18(24-17)11-4-1-2-5-11/h3,6-11H,1-2,4-5H2,(H,21,22)(H,23,24). The van der Waals surface area contributed by atoms with Crippen LogP contribution in [0, 0.1) is 5.82 Å². The highest BCUT2D eigenvalue weighted by molar-refractivity contribution is 5.94. The molecule has 3 heterocycles. The minimum Gasteiger partial charge on any atom is -0.341 e. The van der Waals surface area contributed by atoms with Gasteiger partial charge in [-0.15, -0.1) is 0 Å². The number of fused-ring (bicyclic) bond motifs is 5. The number of anilines is 2. The van der Waals surface area contributed by atoms with E-state index < -0.39 is 0 Å². The molecule has 1 fully saturated rings. The Hall–Kier alpha value is -2.69. The van der Waals surface area contributed by atoms with Gasteiger partial charge in [0, 0.05) is 23.2 Å². The van der Waals surface area contributed by atoms with Crippen LogP contribution in [0.5, 0.6) is 0 Å². The van der Waals surface area contributed by atoms with Crippen molar-refractivity contribution in [1.29, 1.82) is 0 Å². The lowest BCUT2D eigenvalue weighted by molar-refractivity contribution is 0.628. The third-order valence-electron chi connectivity index (χ3n) is 5.03. The first-order valence-electron chi connectivity index (χ1n) is 8.42. The molecular weight excluding hydrogens is 303 g/mol. The van der Waals surface area contributed by atoms with Gasteiger partial charge in [0.1, 0.15) is 17.5 Å². The smallest absolute Gasteiger partial charge is 0.139 e. The number of H-pyrrole nitrogens is 1. The van der Waals surface area contributed by atoms with Gasteiger partial charge in [-0.2, -0.15) is 0 Å². The molecule has 3 aromatic rings. The number of imidazole rings is 1. The van der Waals surface area contributed by atoms with E-state index in [9.17, 15) is 4.39 Å². The zero-order valence-electron chi connectivity index (χ0n) is 13.1. The summed E-state index contributed by atoms with van der Waals surface area (Å²) < 4.78 is 13.7. The van der Waals surface area contributed by atoms with Crippen LogP contribution in [0.3, 0.4) is 0 Å². The SMILES string of the molecule is Fc1ccc2c(c1)Nc1ncccc1-c1[nH]c(C3CCCC3)nc1-2. The molecule has 0 atom stereocenters. The fraction of sp³-hybridized carbons (Fsp3) is 0.263. The highest BCUT2D eigenvalue weighted by Gasteiger charge is 2.27. The molecule has 0 unspecified atom stereocenters. The van der Waals surface area contributed by atoms with Crippen LogP contribution >= 0.6 is 0 Å². The summed E-state index contributed by atoms with van der Waals surface area (Å²) in [6.07, 6.45) is 6.63. The molecule has 120 valence electrons. The fourth-order valence-corrected chi connectivity index (χ4v) is 3.83. The molecule has 0 radical (unpaired) electrons. The average Bonchev–Trinajstić information content (AvgIpc) is 3.23. The number of rotatable bonds is 1. The van der Waals surface area contributed by atoms with Gasteiger partial charge >= 0.3 is 0 Å². The minimum absolute atomic E-state index is 0.270. The van der Waals surface area contributed by atoms with Gasteiger partial charge in [0.05, 0.1) is 17.1 Å². The first kappa shape index (κ1) is 13.7. The van der Waals surface area contributed by atoms with Crippen LogP contribution in [-0.4, -0.2) is 15.0 Å². The van der Waals surface area contributed by atoms with E-state index in [1.165, 1.54) is 37.8 Å². The summed E-state index contributed by atoms with van der Waals surface area (Å²) in [6, 6.07) is 8.72. The third-order valence-corrected chi connectivity index (χ3v) is 5.03. The predicted molar refractivity (Wildman–Crippen MR) is 91.7 cm³/mol. The number of aromatic nitrogens is 3. The Morgan fingerprint density at radius 3 is 2.83 bits per heavy atom. The maximum Gasteiger partial charge on any atom is 0.139 e. The Morgan fingerprint density at radius 1 is 1.08 bits per heavy atom. The van der Waals surface area contributed by atoms with Crippen LogP contribution in [0.25, 0.3) is 22.5 Å². The number of nitrogens with one attached hydrogen (secondary N) is 2. The van der Waals surface area contributed by atoms with Crippen molar-refractivity contribution in [3.8, 4) is 22.5 Å². The first-order chi connectivity index (χ1) is 11.8. The second kappa shape index (κ2) is 5.16. The van der Waals surface area contributed by atoms with Gasteiger partial charge in [-0.1, -0.05) is 12.8 Å². The van der Waals surface area contributed by atoms with E-state index in [2.05, 4.69) is 15.3 Å². The lowest BCUT2D eigenvalue weighted by atomic mass is 10.1. The van der Waals surface area contributed by atoms with Gasteiger partial charge in [-0.25, -0.2) is 14.4 Å². The van der Waals surface area contributed by atoms with Crippen LogP contribution in [0.2, 0.25) is 0 Å². The maximum atomic E-state index is 13.7. The molecule has 2 N–H and O–H groups in total.